The van der Waals surface area contributed by atoms with Crippen LogP contribution >= 0.6 is 0 Å². The summed E-state index contributed by atoms with van der Waals surface area (Å²) in [4.78, 5) is 0. The highest BCUT2D eigenvalue weighted by atomic mass is 19.1. The first-order valence-electron chi connectivity index (χ1n) is 6.24. The van der Waals surface area contributed by atoms with Gasteiger partial charge in [0.1, 0.15) is 5.82 Å². The molecular weight excluding hydrogens is 229 g/mol. The van der Waals surface area contributed by atoms with Crippen LogP contribution in [-0.2, 0) is 13.6 Å². The molecule has 18 heavy (non-hydrogen) atoms. The van der Waals surface area contributed by atoms with Crippen LogP contribution in [0.5, 0.6) is 0 Å². The maximum absolute atomic E-state index is 14.1. The van der Waals surface area contributed by atoms with E-state index < -0.39 is 0 Å². The van der Waals surface area contributed by atoms with Crippen molar-refractivity contribution >= 4 is 0 Å². The minimum absolute atomic E-state index is 0.186. The second kappa shape index (κ2) is 4.53. The van der Waals surface area contributed by atoms with E-state index in [0.29, 0.717) is 11.6 Å². The van der Waals surface area contributed by atoms with Crippen molar-refractivity contribution in [2.75, 3.05) is 0 Å². The molecule has 0 radical (unpaired) electrons. The first-order valence-corrected chi connectivity index (χ1v) is 6.24. The average Bonchev–Trinajstić information content (AvgIpc) is 3.09. The molecule has 0 bridgehead atoms. The summed E-state index contributed by atoms with van der Waals surface area (Å²) in [5, 5.41) is 7.44. The predicted molar refractivity (Wildman–Crippen MR) is 68.5 cm³/mol. The standard InChI is InChI=1S/C14H16FN3/c1-18-14(6-7-17-18)12-5-2-10(8-13(12)15)9-16-11-3-4-11/h2,5-8,11,16H,3-4,9H2,1H3. The van der Waals surface area contributed by atoms with Gasteiger partial charge in [0.05, 0.1) is 5.69 Å². The van der Waals surface area contributed by atoms with Crippen LogP contribution in [0, 0.1) is 5.82 Å². The summed E-state index contributed by atoms with van der Waals surface area (Å²) < 4.78 is 15.7. The lowest BCUT2D eigenvalue weighted by molar-refractivity contribution is 0.620. The fraction of sp³-hybridized carbons (Fsp3) is 0.357. The van der Waals surface area contributed by atoms with Gasteiger partial charge in [-0.1, -0.05) is 6.07 Å². The van der Waals surface area contributed by atoms with E-state index >= 15 is 0 Å². The zero-order valence-electron chi connectivity index (χ0n) is 10.4. The number of halogens is 1. The zero-order valence-corrected chi connectivity index (χ0v) is 10.4. The Morgan fingerprint density at radius 2 is 2.22 bits per heavy atom. The molecule has 0 atom stereocenters. The van der Waals surface area contributed by atoms with E-state index in [1.807, 2.05) is 25.2 Å². The van der Waals surface area contributed by atoms with Crippen LogP contribution in [0.3, 0.4) is 0 Å². The number of benzene rings is 1. The first kappa shape index (κ1) is 11.4. The van der Waals surface area contributed by atoms with Crippen LogP contribution in [0.2, 0.25) is 0 Å². The summed E-state index contributed by atoms with van der Waals surface area (Å²) in [7, 11) is 1.82. The lowest BCUT2D eigenvalue weighted by Crippen LogP contribution is -2.15. The third kappa shape index (κ3) is 2.29. The Morgan fingerprint density at radius 3 is 2.83 bits per heavy atom. The molecule has 1 aliphatic carbocycles. The fourth-order valence-corrected chi connectivity index (χ4v) is 2.06. The maximum atomic E-state index is 14.1. The molecule has 4 heteroatoms. The summed E-state index contributed by atoms with van der Waals surface area (Å²) in [6.45, 7) is 0.743. The SMILES string of the molecule is Cn1nccc1-c1ccc(CNC2CC2)cc1F. The minimum atomic E-state index is -0.186. The van der Waals surface area contributed by atoms with Gasteiger partial charge in [-0.3, -0.25) is 4.68 Å². The smallest absolute Gasteiger partial charge is 0.132 e. The normalized spacial score (nSPS) is 15.0. The largest absolute Gasteiger partial charge is 0.310 e. The molecule has 0 saturated heterocycles. The Kier molecular flexibility index (Phi) is 2.88. The van der Waals surface area contributed by atoms with E-state index in [0.717, 1.165) is 17.8 Å². The number of hydrogen-bond acceptors (Lipinski definition) is 2. The molecule has 94 valence electrons. The molecule has 1 aromatic heterocycles. The summed E-state index contributed by atoms with van der Waals surface area (Å²) in [5.41, 5.74) is 2.39. The molecule has 0 unspecified atom stereocenters. The van der Waals surface area contributed by atoms with Gasteiger partial charge in [-0.2, -0.15) is 5.10 Å². The van der Waals surface area contributed by atoms with Gasteiger partial charge in [-0.05, 0) is 36.6 Å². The third-order valence-electron chi connectivity index (χ3n) is 3.30. The molecular formula is C14H16FN3. The van der Waals surface area contributed by atoms with E-state index in [1.54, 1.807) is 16.9 Å². The van der Waals surface area contributed by atoms with E-state index in [-0.39, 0.29) is 5.82 Å². The molecule has 3 rings (SSSR count). The highest BCUT2D eigenvalue weighted by Gasteiger charge is 2.20. The Balaban J connectivity index is 1.82. The number of nitrogens with one attached hydrogen (secondary N) is 1. The molecule has 3 nitrogen and oxygen atoms in total. The minimum Gasteiger partial charge on any atom is -0.310 e. The molecule has 1 aliphatic rings. The molecule has 1 saturated carbocycles. The summed E-state index contributed by atoms with van der Waals surface area (Å²) >= 11 is 0. The van der Waals surface area contributed by atoms with Crippen molar-refractivity contribution in [2.24, 2.45) is 7.05 Å². The van der Waals surface area contributed by atoms with Gasteiger partial charge in [0.15, 0.2) is 0 Å². The number of rotatable bonds is 4. The van der Waals surface area contributed by atoms with Crippen molar-refractivity contribution in [3.05, 3.63) is 41.8 Å². The van der Waals surface area contributed by atoms with E-state index in [9.17, 15) is 4.39 Å². The monoisotopic (exact) mass is 245 g/mol. The van der Waals surface area contributed by atoms with Gasteiger partial charge >= 0.3 is 0 Å². The lowest BCUT2D eigenvalue weighted by atomic mass is 10.1. The van der Waals surface area contributed by atoms with Crippen molar-refractivity contribution in [2.45, 2.75) is 25.4 Å². The van der Waals surface area contributed by atoms with Crippen LogP contribution in [0.15, 0.2) is 30.5 Å². The van der Waals surface area contributed by atoms with Gasteiger partial charge in [-0.25, -0.2) is 4.39 Å². The first-order chi connectivity index (χ1) is 8.74. The predicted octanol–water partition coefficient (Wildman–Crippen LogP) is 2.48. The molecule has 0 amide bonds. The van der Waals surface area contributed by atoms with Crippen LogP contribution in [-0.4, -0.2) is 15.8 Å². The Labute approximate surface area is 106 Å². The second-order valence-corrected chi connectivity index (χ2v) is 4.81. The van der Waals surface area contributed by atoms with Gasteiger partial charge < -0.3 is 5.32 Å². The van der Waals surface area contributed by atoms with Crippen LogP contribution in [0.25, 0.3) is 11.3 Å². The van der Waals surface area contributed by atoms with Crippen LogP contribution < -0.4 is 5.32 Å². The summed E-state index contributed by atoms with van der Waals surface area (Å²) in [6, 6.07) is 7.87. The van der Waals surface area contributed by atoms with Crippen molar-refractivity contribution < 1.29 is 4.39 Å². The van der Waals surface area contributed by atoms with Gasteiger partial charge in [0, 0.05) is 31.4 Å². The van der Waals surface area contributed by atoms with Crippen LogP contribution in [0.1, 0.15) is 18.4 Å². The third-order valence-corrected chi connectivity index (χ3v) is 3.30. The number of aryl methyl sites for hydroxylation is 1. The zero-order chi connectivity index (χ0) is 12.5. The van der Waals surface area contributed by atoms with Crippen LogP contribution in [0.4, 0.5) is 4.39 Å². The molecule has 1 aromatic carbocycles. The topological polar surface area (TPSA) is 29.9 Å². The molecule has 1 N–H and O–H groups in total. The fourth-order valence-electron chi connectivity index (χ4n) is 2.06. The summed E-state index contributed by atoms with van der Waals surface area (Å²) in [6.07, 6.45) is 4.17. The molecule has 0 aliphatic heterocycles. The number of nitrogens with zero attached hydrogens (tertiary/aromatic N) is 2. The van der Waals surface area contributed by atoms with Gasteiger partial charge in [0.2, 0.25) is 0 Å². The Morgan fingerprint density at radius 1 is 1.39 bits per heavy atom. The molecule has 2 aromatic rings. The molecule has 1 heterocycles. The maximum Gasteiger partial charge on any atom is 0.132 e. The number of hydrogen-bond donors (Lipinski definition) is 1. The average molecular weight is 245 g/mol. The second-order valence-electron chi connectivity index (χ2n) is 4.81. The van der Waals surface area contributed by atoms with Crippen molar-refractivity contribution in [3.8, 4) is 11.3 Å². The molecule has 1 fully saturated rings. The van der Waals surface area contributed by atoms with E-state index in [4.69, 9.17) is 0 Å². The Bertz CT molecular complexity index is 558. The Hall–Kier alpha value is -1.68. The summed E-state index contributed by atoms with van der Waals surface area (Å²) in [5.74, 6) is -0.186. The highest BCUT2D eigenvalue weighted by Crippen LogP contribution is 2.24. The van der Waals surface area contributed by atoms with Gasteiger partial charge in [-0.15, -0.1) is 0 Å². The molecule has 0 spiro atoms. The lowest BCUT2D eigenvalue weighted by Gasteiger charge is -2.07. The van der Waals surface area contributed by atoms with Crippen molar-refractivity contribution in [1.82, 2.24) is 15.1 Å². The van der Waals surface area contributed by atoms with Crippen molar-refractivity contribution in [1.29, 1.82) is 0 Å². The quantitative estimate of drug-likeness (QED) is 0.896. The highest BCUT2D eigenvalue weighted by molar-refractivity contribution is 5.60. The van der Waals surface area contributed by atoms with E-state index in [1.165, 1.54) is 12.8 Å². The van der Waals surface area contributed by atoms with E-state index in [2.05, 4.69) is 10.4 Å². The van der Waals surface area contributed by atoms with Crippen molar-refractivity contribution in [3.63, 3.8) is 0 Å². The number of aromatic nitrogens is 2. The van der Waals surface area contributed by atoms with Gasteiger partial charge in [0.25, 0.3) is 0 Å².